The Balaban J connectivity index is 2.30. The predicted octanol–water partition coefficient (Wildman–Crippen LogP) is 4.94. The second kappa shape index (κ2) is 17.2. The second-order valence-corrected chi connectivity index (χ2v) is 8.65. The number of nitrogens with one attached hydrogen (secondary N) is 1. The standard InChI is InChI=1S/C29H42N6O2/c1-7-30-29-32-21-24(4)14-15-31-25(5)23-36-18-11-10-16-34(6)22-26-20-27(33-29)12-13-28(26)37-19-17-35(8-2)9-3/h7,10-15,20-21H,1,4,8-9,16-19,22-23H2,2-3,5-6H3,(H,30,33)/b11-10+,15-14-,31-25?,32-21+. The molecule has 2 bridgehead atoms. The average molecular weight is 507 g/mol. The molecule has 0 spiro atoms. The van der Waals surface area contributed by atoms with Crippen LogP contribution in [-0.2, 0) is 11.3 Å². The Kier molecular flexibility index (Phi) is 13.9. The van der Waals surface area contributed by atoms with Crippen molar-refractivity contribution in [3.63, 3.8) is 0 Å². The smallest absolute Gasteiger partial charge is 0.227 e. The number of aliphatic imine (C=N–C) groups is 3. The molecule has 1 heterocycles. The van der Waals surface area contributed by atoms with Crippen LogP contribution >= 0.6 is 0 Å². The first-order valence-corrected chi connectivity index (χ1v) is 12.7. The van der Waals surface area contributed by atoms with Crippen LogP contribution in [0.5, 0.6) is 5.75 Å². The van der Waals surface area contributed by atoms with Crippen LogP contribution in [0.25, 0.3) is 0 Å². The lowest BCUT2D eigenvalue weighted by atomic mass is 10.1. The van der Waals surface area contributed by atoms with E-state index in [2.05, 4.69) is 76.3 Å². The van der Waals surface area contributed by atoms with Crippen LogP contribution < -0.4 is 10.1 Å². The number of fused-ring (bicyclic) bond motifs is 2. The molecule has 0 saturated carbocycles. The van der Waals surface area contributed by atoms with Gasteiger partial charge in [-0.05, 0) is 56.9 Å². The van der Waals surface area contributed by atoms with Gasteiger partial charge < -0.3 is 19.7 Å². The molecule has 1 N–H and O–H groups in total. The van der Waals surface area contributed by atoms with Crippen molar-refractivity contribution < 1.29 is 9.47 Å². The van der Waals surface area contributed by atoms with E-state index in [1.54, 1.807) is 18.5 Å². The highest BCUT2D eigenvalue weighted by atomic mass is 16.5. The zero-order chi connectivity index (χ0) is 26.9. The number of rotatable bonds is 7. The number of guanidine groups is 1. The monoisotopic (exact) mass is 506 g/mol. The van der Waals surface area contributed by atoms with Crippen molar-refractivity contribution in [1.82, 2.24) is 9.80 Å². The van der Waals surface area contributed by atoms with Crippen LogP contribution in [0, 0.1) is 0 Å². The van der Waals surface area contributed by atoms with E-state index in [0.29, 0.717) is 37.9 Å². The third-order valence-corrected chi connectivity index (χ3v) is 5.57. The van der Waals surface area contributed by atoms with E-state index in [4.69, 9.17) is 9.47 Å². The first-order valence-electron chi connectivity index (χ1n) is 12.7. The maximum absolute atomic E-state index is 6.22. The summed E-state index contributed by atoms with van der Waals surface area (Å²) in [6.07, 6.45) is 10.7. The number of nitrogens with zero attached hydrogens (tertiary/aromatic N) is 5. The van der Waals surface area contributed by atoms with E-state index in [1.165, 1.54) is 6.20 Å². The zero-order valence-corrected chi connectivity index (χ0v) is 22.8. The molecule has 0 saturated heterocycles. The molecule has 1 aliphatic rings. The van der Waals surface area contributed by atoms with Gasteiger partial charge in [0, 0.05) is 55.2 Å². The van der Waals surface area contributed by atoms with Crippen molar-refractivity contribution in [2.75, 3.05) is 58.4 Å². The molecule has 0 unspecified atom stereocenters. The second-order valence-electron chi connectivity index (χ2n) is 8.65. The maximum Gasteiger partial charge on any atom is 0.227 e. The summed E-state index contributed by atoms with van der Waals surface area (Å²) in [7, 11) is 2.08. The van der Waals surface area contributed by atoms with Crippen LogP contribution in [-0.4, -0.2) is 80.7 Å². The minimum atomic E-state index is 0.407. The summed E-state index contributed by atoms with van der Waals surface area (Å²) in [5, 5.41) is 3.28. The Morgan fingerprint density at radius 1 is 1.27 bits per heavy atom. The molecule has 1 aromatic carbocycles. The van der Waals surface area contributed by atoms with Gasteiger partial charge in [0.05, 0.1) is 13.2 Å². The quantitative estimate of drug-likeness (QED) is 0.531. The van der Waals surface area contributed by atoms with Crippen molar-refractivity contribution in [2.45, 2.75) is 27.3 Å². The number of hydrogen-bond acceptors (Lipinski definition) is 6. The summed E-state index contributed by atoms with van der Waals surface area (Å²) in [5.41, 5.74) is 3.50. The van der Waals surface area contributed by atoms with Gasteiger partial charge in [0.1, 0.15) is 12.4 Å². The molecule has 2 rings (SSSR count). The Morgan fingerprint density at radius 3 is 2.84 bits per heavy atom. The summed E-state index contributed by atoms with van der Waals surface area (Å²) in [6.45, 7) is 20.0. The van der Waals surface area contributed by atoms with E-state index >= 15 is 0 Å². The molecule has 0 aromatic heterocycles. The predicted molar refractivity (Wildman–Crippen MR) is 157 cm³/mol. The fraction of sp³-hybridized carbons (Fsp3) is 0.414. The number of hydrogen-bond donors (Lipinski definition) is 1. The lowest BCUT2D eigenvalue weighted by Crippen LogP contribution is -2.28. The summed E-state index contributed by atoms with van der Waals surface area (Å²) < 4.78 is 11.9. The largest absolute Gasteiger partial charge is 0.492 e. The van der Waals surface area contributed by atoms with Gasteiger partial charge in [-0.2, -0.15) is 0 Å². The number of anilines is 1. The van der Waals surface area contributed by atoms with Gasteiger partial charge in [-0.3, -0.25) is 9.89 Å². The Morgan fingerprint density at radius 2 is 2.08 bits per heavy atom. The lowest BCUT2D eigenvalue weighted by Gasteiger charge is -2.21. The van der Waals surface area contributed by atoms with Crippen molar-refractivity contribution in [1.29, 1.82) is 0 Å². The van der Waals surface area contributed by atoms with Gasteiger partial charge in [0.25, 0.3) is 0 Å². The summed E-state index contributed by atoms with van der Waals surface area (Å²) in [5.74, 6) is 1.28. The van der Waals surface area contributed by atoms with Crippen LogP contribution in [0.15, 0.2) is 82.5 Å². The molecule has 0 atom stereocenters. The molecule has 8 heteroatoms. The van der Waals surface area contributed by atoms with Crippen molar-refractivity contribution in [2.24, 2.45) is 15.0 Å². The summed E-state index contributed by atoms with van der Waals surface area (Å²) in [6, 6.07) is 6.05. The Hall–Kier alpha value is -3.33. The third-order valence-electron chi connectivity index (χ3n) is 5.57. The molecule has 0 aliphatic carbocycles. The molecule has 8 nitrogen and oxygen atoms in total. The third kappa shape index (κ3) is 12.0. The molecule has 0 radical (unpaired) electrons. The van der Waals surface area contributed by atoms with Crippen LogP contribution in [0.3, 0.4) is 0 Å². The SMILES string of the molecule is C=CN=C1/N=C/C(=C)/C=C\N=C(C)COC/C=C/CN(C)Cc2cc(ccc2OCCN(CC)CC)N1. The number of allylic oxidation sites excluding steroid dienone is 2. The fourth-order valence-corrected chi connectivity index (χ4v) is 3.50. The van der Waals surface area contributed by atoms with Gasteiger partial charge in [0.15, 0.2) is 0 Å². The maximum atomic E-state index is 6.22. The van der Waals surface area contributed by atoms with E-state index in [9.17, 15) is 0 Å². The van der Waals surface area contributed by atoms with E-state index in [-0.39, 0.29) is 0 Å². The van der Waals surface area contributed by atoms with E-state index in [0.717, 1.165) is 48.9 Å². The van der Waals surface area contributed by atoms with Gasteiger partial charge in [0.2, 0.25) is 5.96 Å². The lowest BCUT2D eigenvalue weighted by molar-refractivity contribution is 0.203. The van der Waals surface area contributed by atoms with Crippen molar-refractivity contribution in [3.05, 3.63) is 73.1 Å². The van der Waals surface area contributed by atoms with Crippen molar-refractivity contribution in [3.8, 4) is 5.75 Å². The molecule has 1 aliphatic heterocycles. The highest BCUT2D eigenvalue weighted by molar-refractivity contribution is 6.01. The normalized spacial score (nSPS) is 20.1. The highest BCUT2D eigenvalue weighted by Crippen LogP contribution is 2.25. The first kappa shape index (κ1) is 29.9. The van der Waals surface area contributed by atoms with Crippen LogP contribution in [0.2, 0.25) is 0 Å². The van der Waals surface area contributed by atoms with Crippen molar-refractivity contribution >= 4 is 23.6 Å². The molecule has 0 fully saturated rings. The molecular weight excluding hydrogens is 464 g/mol. The Labute approximate surface area is 222 Å². The molecule has 37 heavy (non-hydrogen) atoms. The minimum Gasteiger partial charge on any atom is -0.492 e. The van der Waals surface area contributed by atoms with E-state index in [1.807, 2.05) is 25.1 Å². The molecular formula is C29H42N6O2. The number of likely N-dealkylation sites (N-methyl/N-ethyl adjacent to an activating group) is 2. The molecule has 0 amide bonds. The zero-order valence-electron chi connectivity index (χ0n) is 22.8. The number of benzene rings is 1. The van der Waals surface area contributed by atoms with Crippen LogP contribution in [0.4, 0.5) is 5.69 Å². The molecule has 200 valence electrons. The van der Waals surface area contributed by atoms with Gasteiger partial charge in [-0.15, -0.1) is 0 Å². The van der Waals surface area contributed by atoms with Gasteiger partial charge >= 0.3 is 0 Å². The topological polar surface area (TPSA) is 74.0 Å². The van der Waals surface area contributed by atoms with Gasteiger partial charge in [-0.1, -0.05) is 39.2 Å². The first-order chi connectivity index (χ1) is 17.9. The summed E-state index contributed by atoms with van der Waals surface area (Å²) in [4.78, 5) is 17.7. The molecule has 1 aromatic rings. The summed E-state index contributed by atoms with van der Waals surface area (Å²) >= 11 is 0. The van der Waals surface area contributed by atoms with Crippen LogP contribution in [0.1, 0.15) is 26.3 Å². The van der Waals surface area contributed by atoms with E-state index < -0.39 is 0 Å². The fourth-order valence-electron chi connectivity index (χ4n) is 3.50. The Bertz CT molecular complexity index is 1020. The van der Waals surface area contributed by atoms with Gasteiger partial charge in [-0.25, -0.2) is 9.98 Å². The number of ether oxygens (including phenoxy) is 2. The highest BCUT2D eigenvalue weighted by Gasteiger charge is 2.10. The minimum absolute atomic E-state index is 0.407. The average Bonchev–Trinajstić information content (AvgIpc) is 2.88.